The van der Waals surface area contributed by atoms with Gasteiger partial charge in [0.1, 0.15) is 6.34 Å². The third-order valence-electron chi connectivity index (χ3n) is 3.14. The molecule has 0 amide bonds. The molecule has 0 saturated carbocycles. The van der Waals surface area contributed by atoms with Crippen molar-refractivity contribution in [3.63, 3.8) is 0 Å². The zero-order valence-electron chi connectivity index (χ0n) is 10.7. The Morgan fingerprint density at radius 2 is 2.53 bits per heavy atom. The maximum Gasteiger partial charge on any atom is 0.110 e. The Kier molecular flexibility index (Phi) is 4.66. The Bertz CT molecular complexity index is 382. The summed E-state index contributed by atoms with van der Waals surface area (Å²) in [6, 6.07) is 0. The minimum atomic E-state index is -0.0667. The Morgan fingerprint density at radius 1 is 1.65 bits per heavy atom. The summed E-state index contributed by atoms with van der Waals surface area (Å²) in [6.07, 6.45) is 8.73. The summed E-state index contributed by atoms with van der Waals surface area (Å²) in [5.41, 5.74) is 0. The monoisotopic (exact) mass is 251 g/mol. The molecule has 0 aromatic carbocycles. The van der Waals surface area contributed by atoms with Crippen LogP contribution in [0.15, 0.2) is 14.4 Å². The molecule has 0 spiro atoms. The maximum absolute atomic E-state index is 4.72. The largest absolute Gasteiger partial charge is 0.273 e. The second-order valence-electron chi connectivity index (χ2n) is 4.74. The number of nitrogens with zero attached hydrogens (tertiary/aromatic N) is 3. The molecular weight excluding hydrogens is 230 g/mol. The van der Waals surface area contributed by atoms with Gasteiger partial charge in [-0.1, -0.05) is 26.7 Å². The van der Waals surface area contributed by atoms with Gasteiger partial charge in [0, 0.05) is 18.7 Å². The van der Waals surface area contributed by atoms with Gasteiger partial charge >= 0.3 is 0 Å². The first kappa shape index (κ1) is 12.7. The van der Waals surface area contributed by atoms with E-state index in [0.717, 1.165) is 13.0 Å². The van der Waals surface area contributed by atoms with Gasteiger partial charge in [-0.05, 0) is 34.8 Å². The van der Waals surface area contributed by atoms with Crippen molar-refractivity contribution in [2.75, 3.05) is 6.54 Å². The van der Waals surface area contributed by atoms with E-state index in [1.165, 1.54) is 24.3 Å². The van der Waals surface area contributed by atoms with E-state index in [9.17, 15) is 0 Å². The van der Waals surface area contributed by atoms with Crippen LogP contribution in [0.2, 0.25) is 0 Å². The zero-order valence-corrected chi connectivity index (χ0v) is 11.5. The average molecular weight is 251 g/mol. The lowest BCUT2D eigenvalue weighted by Gasteiger charge is -2.12. The fourth-order valence-electron chi connectivity index (χ4n) is 2.02. The second-order valence-corrected chi connectivity index (χ2v) is 6.33. The summed E-state index contributed by atoms with van der Waals surface area (Å²) in [6.45, 7) is 5.39. The van der Waals surface area contributed by atoms with Crippen molar-refractivity contribution in [2.24, 2.45) is 26.2 Å². The van der Waals surface area contributed by atoms with Crippen LogP contribution in [0.25, 0.3) is 0 Å². The van der Waals surface area contributed by atoms with Gasteiger partial charge in [0.05, 0.1) is 5.04 Å². The molecule has 0 aromatic heterocycles. The molecule has 0 bridgehead atoms. The van der Waals surface area contributed by atoms with E-state index >= 15 is 0 Å². The van der Waals surface area contributed by atoms with E-state index < -0.39 is 0 Å². The topological polar surface area (TPSA) is 37.1 Å². The Hall–Kier alpha value is -0.770. The van der Waals surface area contributed by atoms with E-state index in [0.29, 0.717) is 11.8 Å². The molecular formula is C13H21N3S. The van der Waals surface area contributed by atoms with Gasteiger partial charge in [0.15, 0.2) is 0 Å². The number of rotatable bonds is 5. The second kappa shape index (κ2) is 6.24. The first-order valence-corrected chi connectivity index (χ1v) is 7.72. The van der Waals surface area contributed by atoms with Crippen molar-refractivity contribution < 1.29 is 0 Å². The molecule has 0 fully saturated rings. The molecule has 2 aliphatic rings. The third kappa shape index (κ3) is 3.35. The fraction of sp³-hybridized carbons (Fsp3) is 0.692. The first-order chi connectivity index (χ1) is 8.31. The van der Waals surface area contributed by atoms with Crippen LogP contribution in [0, 0.1) is 11.8 Å². The molecule has 94 valence electrons. The average Bonchev–Trinajstić information content (AvgIpc) is 2.77. The highest BCUT2D eigenvalue weighted by Crippen LogP contribution is 2.32. The lowest BCUT2D eigenvalue weighted by atomic mass is 10.1. The van der Waals surface area contributed by atoms with Gasteiger partial charge in [-0.2, -0.15) is 0 Å². The van der Waals surface area contributed by atoms with Gasteiger partial charge in [0.2, 0.25) is 0 Å². The molecule has 2 aliphatic heterocycles. The lowest BCUT2D eigenvalue weighted by molar-refractivity contribution is 0.633. The smallest absolute Gasteiger partial charge is 0.110 e. The van der Waals surface area contributed by atoms with Crippen LogP contribution in [0.1, 0.15) is 39.5 Å². The van der Waals surface area contributed by atoms with Gasteiger partial charge in [-0.25, -0.2) is 9.39 Å². The first-order valence-electron chi connectivity index (χ1n) is 6.48. The van der Waals surface area contributed by atoms with Crippen molar-refractivity contribution in [3.05, 3.63) is 0 Å². The molecule has 0 radical (unpaired) electrons. The Labute approximate surface area is 106 Å². The minimum Gasteiger partial charge on any atom is -0.273 e. The molecule has 4 heteroatoms. The molecule has 0 aliphatic carbocycles. The van der Waals surface area contributed by atoms with E-state index in [1.807, 2.05) is 0 Å². The van der Waals surface area contributed by atoms with Crippen LogP contribution in [0.5, 0.6) is 0 Å². The van der Waals surface area contributed by atoms with Crippen LogP contribution in [-0.4, -0.2) is 29.5 Å². The minimum absolute atomic E-state index is 0.0667. The van der Waals surface area contributed by atoms with E-state index in [-0.39, 0.29) is 10.7 Å². The van der Waals surface area contributed by atoms with Gasteiger partial charge in [-0.3, -0.25) is 4.99 Å². The summed E-state index contributed by atoms with van der Waals surface area (Å²) >= 11 is 0. The predicted molar refractivity (Wildman–Crippen MR) is 79.7 cm³/mol. The molecule has 3 nitrogen and oxygen atoms in total. The lowest BCUT2D eigenvalue weighted by Crippen LogP contribution is -2.14. The summed E-state index contributed by atoms with van der Waals surface area (Å²) in [5.74, 6) is 1.12. The highest BCUT2D eigenvalue weighted by atomic mass is 32.2. The van der Waals surface area contributed by atoms with Crippen molar-refractivity contribution in [1.82, 2.24) is 0 Å². The third-order valence-corrected chi connectivity index (χ3v) is 4.86. The summed E-state index contributed by atoms with van der Waals surface area (Å²) in [7, 11) is -0.0667. The standard InChI is InChI=1S/C13H21N3S/c1-3-4-5-11(2)8-16-17-7-6-12-9-14-10-15-13(12)17/h7-8,10-12H,3-6,9H2,1-2H3. The maximum atomic E-state index is 4.72. The van der Waals surface area contributed by atoms with Crippen molar-refractivity contribution in [2.45, 2.75) is 39.5 Å². The van der Waals surface area contributed by atoms with Gasteiger partial charge in [0.25, 0.3) is 0 Å². The van der Waals surface area contributed by atoms with E-state index in [4.69, 9.17) is 4.40 Å². The molecule has 0 N–H and O–H groups in total. The van der Waals surface area contributed by atoms with Gasteiger partial charge < -0.3 is 0 Å². The van der Waals surface area contributed by atoms with E-state index in [2.05, 4.69) is 35.4 Å². The number of fused-ring (bicyclic) bond motifs is 1. The highest BCUT2D eigenvalue weighted by molar-refractivity contribution is 8.27. The van der Waals surface area contributed by atoms with Crippen LogP contribution < -0.4 is 0 Å². The molecule has 2 heterocycles. The highest BCUT2D eigenvalue weighted by Gasteiger charge is 2.25. The normalized spacial score (nSPS) is 28.9. The molecule has 17 heavy (non-hydrogen) atoms. The Morgan fingerprint density at radius 3 is 3.35 bits per heavy atom. The molecule has 0 saturated heterocycles. The van der Waals surface area contributed by atoms with Crippen molar-refractivity contribution in [1.29, 1.82) is 0 Å². The Balaban J connectivity index is 1.93. The quantitative estimate of drug-likeness (QED) is 0.531. The predicted octanol–water partition coefficient (Wildman–Crippen LogP) is 3.33. The van der Waals surface area contributed by atoms with E-state index in [1.54, 1.807) is 6.34 Å². The molecule has 0 aromatic rings. The fourth-order valence-corrected chi connectivity index (χ4v) is 3.80. The number of aliphatic imine (C=N–C) groups is 2. The molecule has 3 atom stereocenters. The zero-order chi connectivity index (χ0) is 12.1. The summed E-state index contributed by atoms with van der Waals surface area (Å²) in [4.78, 5) is 8.62. The SMILES string of the molecule is CCCCC(C)C=NS1=CCC2CN=CN=C21. The van der Waals surface area contributed by atoms with Crippen LogP contribution in [0.4, 0.5) is 0 Å². The van der Waals surface area contributed by atoms with Crippen LogP contribution in [-0.2, 0) is 0 Å². The van der Waals surface area contributed by atoms with Crippen LogP contribution >= 0.6 is 10.7 Å². The molecule has 3 unspecified atom stereocenters. The number of unbranched alkanes of at least 4 members (excludes halogenated alkanes) is 1. The molecule has 2 rings (SSSR count). The summed E-state index contributed by atoms with van der Waals surface area (Å²) in [5, 5.41) is 3.56. The number of hydrogen-bond acceptors (Lipinski definition) is 3. The summed E-state index contributed by atoms with van der Waals surface area (Å²) < 4.78 is 4.72. The van der Waals surface area contributed by atoms with Crippen LogP contribution in [0.3, 0.4) is 0 Å². The number of hydrogen-bond donors (Lipinski definition) is 0. The van der Waals surface area contributed by atoms with Crippen molar-refractivity contribution >= 4 is 33.6 Å². The van der Waals surface area contributed by atoms with Crippen molar-refractivity contribution in [3.8, 4) is 0 Å². The van der Waals surface area contributed by atoms with Gasteiger partial charge in [-0.15, -0.1) is 0 Å².